The second kappa shape index (κ2) is 8.62. The number of hydrogen-bond donors (Lipinski definition) is 0. The van der Waals surface area contributed by atoms with Crippen LogP contribution >= 0.6 is 27.3 Å². The summed E-state index contributed by atoms with van der Waals surface area (Å²) in [5, 5.41) is 0. The monoisotopic (exact) mass is 429 g/mol. The predicted octanol–water partition coefficient (Wildman–Crippen LogP) is 1.65. The molecule has 2 saturated heterocycles. The molecule has 1 atom stereocenters. The highest BCUT2D eigenvalue weighted by atomic mass is 79.9. The van der Waals surface area contributed by atoms with Crippen LogP contribution in [0.15, 0.2) is 15.9 Å². The summed E-state index contributed by atoms with van der Waals surface area (Å²) in [4.78, 5) is 32.1. The normalized spacial score (nSPS) is 22.0. The van der Waals surface area contributed by atoms with Gasteiger partial charge in [0.15, 0.2) is 0 Å². The van der Waals surface area contributed by atoms with E-state index in [9.17, 15) is 9.59 Å². The van der Waals surface area contributed by atoms with Crippen molar-refractivity contribution >= 4 is 39.1 Å². The Bertz CT molecular complexity index is 616. The summed E-state index contributed by atoms with van der Waals surface area (Å²) in [6, 6.07) is 4.22. The molecule has 0 saturated carbocycles. The molecule has 3 heterocycles. The smallest absolute Gasteiger partial charge is 0.228 e. The summed E-state index contributed by atoms with van der Waals surface area (Å²) in [5.41, 5.74) is 0. The van der Waals surface area contributed by atoms with Crippen molar-refractivity contribution in [3.8, 4) is 0 Å². The van der Waals surface area contributed by atoms with E-state index in [1.807, 2.05) is 4.90 Å². The molecule has 0 bridgehead atoms. The molecule has 0 aliphatic carbocycles. The number of nitrogens with zero attached hydrogens (tertiary/aromatic N) is 3. The Kier molecular flexibility index (Phi) is 6.49. The summed E-state index contributed by atoms with van der Waals surface area (Å²) in [6.07, 6.45) is 0.339. The number of likely N-dealkylation sites (tertiary alicyclic amines) is 1. The molecule has 3 rings (SSSR count). The van der Waals surface area contributed by atoms with Gasteiger partial charge in [0.05, 0.1) is 16.3 Å². The van der Waals surface area contributed by atoms with Gasteiger partial charge in [-0.15, -0.1) is 11.3 Å². The number of carbonyl (C=O) groups is 2. The summed E-state index contributed by atoms with van der Waals surface area (Å²) in [5.74, 6) is 0.00764. The zero-order valence-corrected chi connectivity index (χ0v) is 16.9. The molecule has 0 N–H and O–H groups in total. The maximum absolute atomic E-state index is 12.7. The molecule has 2 amide bonds. The van der Waals surface area contributed by atoms with Crippen LogP contribution in [0, 0.1) is 5.92 Å². The van der Waals surface area contributed by atoms with Gasteiger partial charge >= 0.3 is 0 Å². The fourth-order valence-electron chi connectivity index (χ4n) is 3.40. The predicted molar refractivity (Wildman–Crippen MR) is 100 cm³/mol. The molecular weight excluding hydrogens is 406 g/mol. The third-order valence-electron chi connectivity index (χ3n) is 4.82. The first-order valence-corrected chi connectivity index (χ1v) is 10.2. The van der Waals surface area contributed by atoms with Gasteiger partial charge in [0.1, 0.15) is 0 Å². The van der Waals surface area contributed by atoms with Crippen LogP contribution in [-0.2, 0) is 20.9 Å². The van der Waals surface area contributed by atoms with Crippen molar-refractivity contribution in [2.45, 2.75) is 13.0 Å². The summed E-state index contributed by atoms with van der Waals surface area (Å²) < 4.78 is 6.18. The number of amides is 2. The molecule has 25 heavy (non-hydrogen) atoms. The van der Waals surface area contributed by atoms with Gasteiger partial charge in [0.25, 0.3) is 0 Å². The highest BCUT2D eigenvalue weighted by Crippen LogP contribution is 2.24. The lowest BCUT2D eigenvalue weighted by atomic mass is 10.1. The number of methoxy groups -OCH3 is 1. The van der Waals surface area contributed by atoms with Crippen molar-refractivity contribution in [1.29, 1.82) is 0 Å². The molecule has 2 fully saturated rings. The second-order valence-corrected chi connectivity index (χ2v) is 9.09. The third-order valence-corrected chi connectivity index (χ3v) is 6.43. The van der Waals surface area contributed by atoms with Gasteiger partial charge in [-0.2, -0.15) is 0 Å². The van der Waals surface area contributed by atoms with Crippen molar-refractivity contribution in [1.82, 2.24) is 14.7 Å². The van der Waals surface area contributed by atoms with Crippen LogP contribution in [0.2, 0.25) is 0 Å². The van der Waals surface area contributed by atoms with Crippen LogP contribution in [0.3, 0.4) is 0 Å². The third kappa shape index (κ3) is 4.81. The molecule has 8 heteroatoms. The summed E-state index contributed by atoms with van der Waals surface area (Å²) in [7, 11) is 1.62. The average Bonchev–Trinajstić information content (AvgIpc) is 3.18. The van der Waals surface area contributed by atoms with E-state index in [0.29, 0.717) is 26.1 Å². The zero-order chi connectivity index (χ0) is 17.8. The number of ether oxygens (including phenoxy) is 1. The van der Waals surface area contributed by atoms with Crippen LogP contribution < -0.4 is 0 Å². The van der Waals surface area contributed by atoms with E-state index < -0.39 is 0 Å². The maximum Gasteiger partial charge on any atom is 0.228 e. The number of hydrogen-bond acceptors (Lipinski definition) is 5. The Morgan fingerprint density at radius 3 is 2.72 bits per heavy atom. The molecule has 6 nitrogen and oxygen atoms in total. The Hall–Kier alpha value is -0.960. The van der Waals surface area contributed by atoms with Gasteiger partial charge in [-0.1, -0.05) is 0 Å². The second-order valence-electron chi connectivity index (χ2n) is 6.54. The lowest BCUT2D eigenvalue weighted by molar-refractivity contribution is -0.137. The van der Waals surface area contributed by atoms with Gasteiger partial charge in [0.2, 0.25) is 11.8 Å². The fraction of sp³-hybridized carbons (Fsp3) is 0.647. The van der Waals surface area contributed by atoms with Gasteiger partial charge in [0, 0.05) is 64.2 Å². The van der Waals surface area contributed by atoms with Gasteiger partial charge in [-0.3, -0.25) is 14.5 Å². The first-order chi connectivity index (χ1) is 12.1. The van der Waals surface area contributed by atoms with E-state index in [-0.39, 0.29) is 17.7 Å². The van der Waals surface area contributed by atoms with Crippen molar-refractivity contribution in [2.24, 2.45) is 5.92 Å². The molecule has 2 aliphatic rings. The quantitative estimate of drug-likeness (QED) is 0.689. The summed E-state index contributed by atoms with van der Waals surface area (Å²) >= 11 is 5.25. The van der Waals surface area contributed by atoms with Crippen molar-refractivity contribution < 1.29 is 14.3 Å². The van der Waals surface area contributed by atoms with Gasteiger partial charge < -0.3 is 14.5 Å². The van der Waals surface area contributed by atoms with Gasteiger partial charge in [-0.25, -0.2) is 0 Å². The van der Waals surface area contributed by atoms with E-state index >= 15 is 0 Å². The van der Waals surface area contributed by atoms with Crippen LogP contribution in [0.4, 0.5) is 0 Å². The average molecular weight is 430 g/mol. The Balaban J connectivity index is 1.46. The van der Waals surface area contributed by atoms with E-state index in [1.165, 1.54) is 4.88 Å². The SMILES string of the molecule is COCCN1CC(C(=O)N2CCN(Cc3ccc(Br)s3)CC2)CC1=O. The Morgan fingerprint density at radius 1 is 1.32 bits per heavy atom. The number of piperazine rings is 1. The van der Waals surface area contributed by atoms with E-state index in [1.54, 1.807) is 23.3 Å². The molecule has 2 aliphatic heterocycles. The van der Waals surface area contributed by atoms with Crippen molar-refractivity contribution in [3.05, 3.63) is 20.8 Å². The number of carbonyl (C=O) groups excluding carboxylic acids is 2. The largest absolute Gasteiger partial charge is 0.383 e. The van der Waals surface area contributed by atoms with E-state index in [0.717, 1.165) is 36.5 Å². The fourth-order valence-corrected chi connectivity index (χ4v) is 4.92. The molecule has 1 aromatic rings. The van der Waals surface area contributed by atoms with Crippen LogP contribution in [0.5, 0.6) is 0 Å². The molecule has 1 aromatic heterocycles. The first-order valence-electron chi connectivity index (χ1n) is 8.59. The molecule has 1 unspecified atom stereocenters. The van der Waals surface area contributed by atoms with Crippen molar-refractivity contribution in [3.63, 3.8) is 0 Å². The van der Waals surface area contributed by atoms with E-state index in [4.69, 9.17) is 4.74 Å². The van der Waals surface area contributed by atoms with Crippen LogP contribution in [-0.4, -0.2) is 79.5 Å². The lowest BCUT2D eigenvalue weighted by Gasteiger charge is -2.35. The number of rotatable bonds is 6. The van der Waals surface area contributed by atoms with Gasteiger partial charge in [-0.05, 0) is 28.1 Å². The highest BCUT2D eigenvalue weighted by molar-refractivity contribution is 9.11. The lowest BCUT2D eigenvalue weighted by Crippen LogP contribution is -2.50. The molecule has 138 valence electrons. The topological polar surface area (TPSA) is 53.1 Å². The molecule has 0 aromatic carbocycles. The Morgan fingerprint density at radius 2 is 2.08 bits per heavy atom. The number of thiophene rings is 1. The molecule has 0 radical (unpaired) electrons. The maximum atomic E-state index is 12.7. The van der Waals surface area contributed by atoms with E-state index in [2.05, 4.69) is 33.0 Å². The van der Waals surface area contributed by atoms with Crippen LogP contribution in [0.1, 0.15) is 11.3 Å². The van der Waals surface area contributed by atoms with Crippen LogP contribution in [0.25, 0.3) is 0 Å². The molecular formula is C17H24BrN3O3S. The first kappa shape index (κ1) is 18.8. The zero-order valence-electron chi connectivity index (χ0n) is 14.4. The van der Waals surface area contributed by atoms with Crippen molar-refractivity contribution in [2.75, 3.05) is 53.0 Å². The summed E-state index contributed by atoms with van der Waals surface area (Å²) in [6.45, 7) is 5.82. The Labute approximate surface area is 160 Å². The molecule has 0 spiro atoms. The minimum absolute atomic E-state index is 0.0670. The standard InChI is InChI=1S/C17H24BrN3O3S/c1-24-9-8-21-11-13(10-16(21)22)17(23)20-6-4-19(5-7-20)12-14-2-3-15(18)25-14/h2-3,13H,4-12H2,1H3. The highest BCUT2D eigenvalue weighted by Gasteiger charge is 2.37. The minimum atomic E-state index is -0.191. The minimum Gasteiger partial charge on any atom is -0.383 e. The number of halogens is 1.